The largest absolute Gasteiger partial charge is 0.338 e. The maximum absolute atomic E-state index is 13.1. The number of thioether (sulfide) groups is 1. The Bertz CT molecular complexity index is 1440. The summed E-state index contributed by atoms with van der Waals surface area (Å²) in [6, 6.07) is 17.3. The van der Waals surface area contributed by atoms with E-state index in [1.165, 1.54) is 11.8 Å². The first-order valence-corrected chi connectivity index (χ1v) is 11.5. The molecule has 0 N–H and O–H groups in total. The molecule has 0 fully saturated rings. The summed E-state index contributed by atoms with van der Waals surface area (Å²) in [6.07, 6.45) is 1.88. The summed E-state index contributed by atoms with van der Waals surface area (Å²) in [5.74, 6) is 1.61. The smallest absolute Gasteiger partial charge is 0.262 e. The van der Waals surface area contributed by atoms with Crippen LogP contribution in [0.5, 0.6) is 0 Å². The van der Waals surface area contributed by atoms with Gasteiger partial charge >= 0.3 is 0 Å². The molecule has 1 unspecified atom stereocenters. The van der Waals surface area contributed by atoms with Crippen LogP contribution in [0.25, 0.3) is 28.1 Å². The number of fused-ring (bicyclic) bond motifs is 3. The van der Waals surface area contributed by atoms with E-state index in [1.54, 1.807) is 4.57 Å². The molecule has 3 heterocycles. The van der Waals surface area contributed by atoms with Gasteiger partial charge in [0.25, 0.3) is 5.56 Å². The summed E-state index contributed by atoms with van der Waals surface area (Å²) < 4.78 is 9.19. The number of para-hydroxylation sites is 1. The summed E-state index contributed by atoms with van der Waals surface area (Å²) in [4.78, 5) is 17.6. The average Bonchev–Trinajstić information content (AvgIpc) is 3.48. The third kappa shape index (κ3) is 3.58. The first-order valence-electron chi connectivity index (χ1n) is 10.6. The highest BCUT2D eigenvalue weighted by Gasteiger charge is 2.22. The molecule has 5 aromatic rings. The van der Waals surface area contributed by atoms with Gasteiger partial charge in [0.2, 0.25) is 17.5 Å². The van der Waals surface area contributed by atoms with Crippen LogP contribution in [-0.4, -0.2) is 29.3 Å². The van der Waals surface area contributed by atoms with E-state index in [1.807, 2.05) is 65.9 Å². The van der Waals surface area contributed by atoms with Gasteiger partial charge in [-0.25, -0.2) is 0 Å². The van der Waals surface area contributed by atoms with Crippen molar-refractivity contribution in [3.63, 3.8) is 0 Å². The number of unbranched alkanes of at least 4 members (excludes halogenated alkanes) is 1. The lowest BCUT2D eigenvalue weighted by Gasteiger charge is -2.11. The molecule has 0 amide bonds. The zero-order chi connectivity index (χ0) is 22.1. The normalized spacial score (nSPS) is 12.6. The van der Waals surface area contributed by atoms with Crippen LogP contribution < -0.4 is 5.56 Å². The molecule has 1 atom stereocenters. The monoisotopic (exact) mass is 446 g/mol. The van der Waals surface area contributed by atoms with Gasteiger partial charge in [0.1, 0.15) is 0 Å². The number of hydrogen-bond donors (Lipinski definition) is 0. The van der Waals surface area contributed by atoms with Gasteiger partial charge in [0.15, 0.2) is 5.16 Å². The number of benzene rings is 2. The second kappa shape index (κ2) is 8.58. The van der Waals surface area contributed by atoms with Crippen LogP contribution in [-0.2, 0) is 6.54 Å². The second-order valence-corrected chi connectivity index (χ2v) is 8.84. The lowest BCUT2D eigenvalue weighted by Crippen LogP contribution is -2.23. The van der Waals surface area contributed by atoms with Crippen molar-refractivity contribution in [1.82, 2.24) is 29.3 Å². The second-order valence-electron chi connectivity index (χ2n) is 7.53. The van der Waals surface area contributed by atoms with Gasteiger partial charge in [0.05, 0.1) is 16.2 Å². The van der Waals surface area contributed by atoms with Gasteiger partial charge < -0.3 is 4.52 Å². The van der Waals surface area contributed by atoms with Crippen LogP contribution in [0, 0.1) is 0 Å². The van der Waals surface area contributed by atoms with Crippen molar-refractivity contribution in [2.45, 2.75) is 43.6 Å². The Hall–Kier alpha value is -3.46. The number of rotatable bonds is 7. The first-order chi connectivity index (χ1) is 15.7. The molecule has 8 nitrogen and oxygen atoms in total. The van der Waals surface area contributed by atoms with Crippen LogP contribution in [0.15, 0.2) is 69.1 Å². The summed E-state index contributed by atoms with van der Waals surface area (Å²) in [7, 11) is 0. The molecular weight excluding hydrogens is 424 g/mol. The predicted octanol–water partition coefficient (Wildman–Crippen LogP) is 4.75. The SMILES string of the molecule is CCCCn1c(=O)c2ccccc2n2c(SC(C)c3nc(-c4ccccc4)no3)nnc12. The minimum atomic E-state index is -0.151. The molecule has 0 radical (unpaired) electrons. The van der Waals surface area contributed by atoms with E-state index in [2.05, 4.69) is 27.3 Å². The maximum Gasteiger partial charge on any atom is 0.262 e. The van der Waals surface area contributed by atoms with Crippen molar-refractivity contribution in [2.24, 2.45) is 0 Å². The van der Waals surface area contributed by atoms with Gasteiger partial charge in [-0.05, 0) is 25.5 Å². The van der Waals surface area contributed by atoms with Gasteiger partial charge in [0, 0.05) is 12.1 Å². The van der Waals surface area contributed by atoms with Crippen LogP contribution in [0.1, 0.15) is 37.8 Å². The summed E-state index contributed by atoms with van der Waals surface area (Å²) >= 11 is 1.47. The van der Waals surface area contributed by atoms with E-state index in [0.29, 0.717) is 34.6 Å². The van der Waals surface area contributed by atoms with E-state index < -0.39 is 0 Å². The third-order valence-corrected chi connectivity index (χ3v) is 6.35. The molecular formula is C23H22N6O2S. The van der Waals surface area contributed by atoms with E-state index in [9.17, 15) is 4.79 Å². The first kappa shape index (κ1) is 20.4. The Kier molecular flexibility index (Phi) is 5.48. The Morgan fingerprint density at radius 3 is 2.66 bits per heavy atom. The zero-order valence-electron chi connectivity index (χ0n) is 17.8. The van der Waals surface area contributed by atoms with Gasteiger partial charge in [-0.2, -0.15) is 4.98 Å². The molecule has 5 rings (SSSR count). The van der Waals surface area contributed by atoms with E-state index >= 15 is 0 Å². The molecule has 0 spiro atoms. The molecule has 0 aliphatic carbocycles. The van der Waals surface area contributed by atoms with Crippen molar-refractivity contribution in [2.75, 3.05) is 0 Å². The number of aromatic nitrogens is 6. The van der Waals surface area contributed by atoms with E-state index in [4.69, 9.17) is 4.52 Å². The number of aryl methyl sites for hydroxylation is 1. The van der Waals surface area contributed by atoms with Crippen molar-refractivity contribution >= 4 is 28.4 Å². The summed E-state index contributed by atoms with van der Waals surface area (Å²) in [5, 5.41) is 14.1. The molecule has 9 heteroatoms. The van der Waals surface area contributed by atoms with Gasteiger partial charge in [-0.1, -0.05) is 72.7 Å². The fourth-order valence-electron chi connectivity index (χ4n) is 3.64. The zero-order valence-corrected chi connectivity index (χ0v) is 18.6. The highest BCUT2D eigenvalue weighted by Crippen LogP contribution is 2.34. The topological polar surface area (TPSA) is 91.1 Å². The third-order valence-electron chi connectivity index (χ3n) is 5.32. The minimum absolute atomic E-state index is 0.0389. The lowest BCUT2D eigenvalue weighted by atomic mass is 10.2. The highest BCUT2D eigenvalue weighted by molar-refractivity contribution is 7.99. The molecule has 0 aliphatic heterocycles. The summed E-state index contributed by atoms with van der Waals surface area (Å²) in [6.45, 7) is 4.69. The van der Waals surface area contributed by atoms with Gasteiger partial charge in [-0.3, -0.25) is 13.8 Å². The molecule has 0 aliphatic rings. The predicted molar refractivity (Wildman–Crippen MR) is 124 cm³/mol. The standard InChI is InChI=1S/C23H22N6O2S/c1-3-4-14-28-21(30)17-12-8-9-13-18(17)29-22(28)25-26-23(29)32-15(2)20-24-19(27-31-20)16-10-6-5-7-11-16/h5-13,15H,3-4,14H2,1-2H3. The van der Waals surface area contributed by atoms with Crippen molar-refractivity contribution in [1.29, 1.82) is 0 Å². The molecule has 162 valence electrons. The van der Waals surface area contributed by atoms with Crippen molar-refractivity contribution < 1.29 is 4.52 Å². The number of nitrogens with zero attached hydrogens (tertiary/aromatic N) is 6. The number of hydrogen-bond acceptors (Lipinski definition) is 7. The fourth-order valence-corrected chi connectivity index (χ4v) is 4.53. The van der Waals surface area contributed by atoms with Crippen LogP contribution >= 0.6 is 11.8 Å². The van der Waals surface area contributed by atoms with E-state index in [-0.39, 0.29) is 10.8 Å². The quantitative estimate of drug-likeness (QED) is 0.333. The van der Waals surface area contributed by atoms with Crippen LogP contribution in [0.4, 0.5) is 0 Å². The highest BCUT2D eigenvalue weighted by atomic mass is 32.2. The Morgan fingerprint density at radius 2 is 1.84 bits per heavy atom. The van der Waals surface area contributed by atoms with Crippen LogP contribution in [0.2, 0.25) is 0 Å². The van der Waals surface area contributed by atoms with E-state index in [0.717, 1.165) is 23.9 Å². The molecule has 2 aromatic carbocycles. The molecule has 0 saturated heterocycles. The van der Waals surface area contributed by atoms with Crippen molar-refractivity contribution in [3.8, 4) is 11.4 Å². The Morgan fingerprint density at radius 1 is 1.06 bits per heavy atom. The molecule has 0 saturated carbocycles. The molecule has 3 aromatic heterocycles. The fraction of sp³-hybridized carbons (Fsp3) is 0.261. The summed E-state index contributed by atoms with van der Waals surface area (Å²) in [5.41, 5.74) is 1.65. The Labute approximate surface area is 188 Å². The lowest BCUT2D eigenvalue weighted by molar-refractivity contribution is 0.380. The minimum Gasteiger partial charge on any atom is -0.338 e. The Balaban J connectivity index is 1.54. The van der Waals surface area contributed by atoms with Crippen LogP contribution in [0.3, 0.4) is 0 Å². The average molecular weight is 447 g/mol. The maximum atomic E-state index is 13.1. The van der Waals surface area contributed by atoms with Crippen molar-refractivity contribution in [3.05, 3.63) is 70.8 Å². The van der Waals surface area contributed by atoms with Gasteiger partial charge in [-0.15, -0.1) is 10.2 Å². The molecule has 32 heavy (non-hydrogen) atoms. The molecule has 0 bridgehead atoms.